The van der Waals surface area contributed by atoms with Gasteiger partial charge in [0.05, 0.1) is 12.1 Å². The number of phenols is 1. The largest absolute Gasteiger partial charge is 0.507 e. The van der Waals surface area contributed by atoms with E-state index in [9.17, 15) is 9.90 Å². The van der Waals surface area contributed by atoms with Crippen LogP contribution < -0.4 is 4.74 Å². The van der Waals surface area contributed by atoms with Gasteiger partial charge in [-0.2, -0.15) is 0 Å². The third kappa shape index (κ3) is 3.22. The van der Waals surface area contributed by atoms with Gasteiger partial charge < -0.3 is 14.4 Å². The number of hydrogen-bond acceptors (Lipinski definition) is 3. The summed E-state index contributed by atoms with van der Waals surface area (Å²) in [5.41, 5.74) is 6.00. The van der Waals surface area contributed by atoms with Gasteiger partial charge in [-0.3, -0.25) is 4.79 Å². The molecule has 4 aromatic rings. The Morgan fingerprint density at radius 2 is 1.60 bits per heavy atom. The number of rotatable bonds is 5. The lowest BCUT2D eigenvalue weighted by atomic mass is 10.0. The van der Waals surface area contributed by atoms with Crippen LogP contribution in [0.1, 0.15) is 39.7 Å². The Hall–Kier alpha value is -3.27. The molecule has 0 saturated heterocycles. The van der Waals surface area contributed by atoms with Gasteiger partial charge in [-0.1, -0.05) is 42.0 Å². The van der Waals surface area contributed by atoms with E-state index in [0.29, 0.717) is 18.7 Å². The number of benzene rings is 3. The molecule has 0 saturated carbocycles. The van der Waals surface area contributed by atoms with E-state index in [1.807, 2.05) is 31.2 Å². The maximum absolute atomic E-state index is 12.4. The maximum atomic E-state index is 12.4. The average Bonchev–Trinajstić information content (AvgIpc) is 2.95. The number of nitrogens with zero attached hydrogens (tertiary/aromatic N) is 1. The van der Waals surface area contributed by atoms with Crippen molar-refractivity contribution in [2.24, 2.45) is 0 Å². The van der Waals surface area contributed by atoms with Crippen LogP contribution in [0.15, 0.2) is 42.5 Å². The fourth-order valence-corrected chi connectivity index (χ4v) is 4.68. The number of aryl methyl sites for hydroxylation is 3. The number of ketones is 1. The zero-order valence-corrected chi connectivity index (χ0v) is 18.2. The summed E-state index contributed by atoms with van der Waals surface area (Å²) in [7, 11) is 0. The van der Waals surface area contributed by atoms with Crippen LogP contribution in [0.25, 0.3) is 21.7 Å². The minimum atomic E-state index is -0.00271. The first-order valence-corrected chi connectivity index (χ1v) is 10.2. The smallest absolute Gasteiger partial charge is 0.162 e. The highest BCUT2D eigenvalue weighted by Crippen LogP contribution is 2.37. The second-order valence-corrected chi connectivity index (χ2v) is 8.08. The first-order valence-electron chi connectivity index (χ1n) is 10.2. The minimum absolute atomic E-state index is 0.00271. The third-order valence-electron chi connectivity index (χ3n) is 5.82. The molecule has 154 valence electrons. The number of phenolic OH excluding ortho intramolecular Hbond substituents is 1. The molecule has 0 aliphatic rings. The molecule has 1 N–H and O–H groups in total. The van der Waals surface area contributed by atoms with Crippen molar-refractivity contribution in [2.45, 2.75) is 41.2 Å². The molecular formula is C26H27NO3. The number of fused-ring (bicyclic) bond motifs is 3. The monoisotopic (exact) mass is 401 g/mol. The molecule has 0 atom stereocenters. The average molecular weight is 402 g/mol. The van der Waals surface area contributed by atoms with Crippen molar-refractivity contribution in [1.82, 2.24) is 4.57 Å². The quantitative estimate of drug-likeness (QED) is 0.416. The molecule has 0 spiro atoms. The van der Waals surface area contributed by atoms with Gasteiger partial charge in [-0.25, -0.2) is 0 Å². The Labute approximate surface area is 176 Å². The molecule has 0 amide bonds. The first-order chi connectivity index (χ1) is 14.3. The van der Waals surface area contributed by atoms with Crippen LogP contribution in [0.3, 0.4) is 0 Å². The molecule has 0 aliphatic carbocycles. The van der Waals surface area contributed by atoms with Gasteiger partial charge in [0.2, 0.25) is 0 Å². The van der Waals surface area contributed by atoms with E-state index in [1.165, 1.54) is 5.56 Å². The summed E-state index contributed by atoms with van der Waals surface area (Å²) in [4.78, 5) is 12.4. The first kappa shape index (κ1) is 20.0. The van der Waals surface area contributed by atoms with E-state index in [4.69, 9.17) is 4.74 Å². The van der Waals surface area contributed by atoms with E-state index >= 15 is 0 Å². The molecule has 0 fully saturated rings. The molecule has 0 unspecified atom stereocenters. The molecule has 1 aromatic heterocycles. The summed E-state index contributed by atoms with van der Waals surface area (Å²) < 4.78 is 8.33. The van der Waals surface area contributed by atoms with Crippen LogP contribution in [0.2, 0.25) is 0 Å². The van der Waals surface area contributed by atoms with Gasteiger partial charge >= 0.3 is 0 Å². The molecule has 0 radical (unpaired) electrons. The number of Topliss-reactive ketones (excluding diaryl/α,β-unsaturated/α-hetero) is 1. The summed E-state index contributed by atoms with van der Waals surface area (Å²) in [5, 5.41) is 13.0. The predicted octanol–water partition coefficient (Wildman–Crippen LogP) is 6.02. The van der Waals surface area contributed by atoms with Crippen molar-refractivity contribution >= 4 is 27.5 Å². The molecule has 0 aliphatic heterocycles. The van der Waals surface area contributed by atoms with Gasteiger partial charge in [-0.05, 0) is 51.8 Å². The lowest BCUT2D eigenvalue weighted by Gasteiger charge is -2.15. The molecule has 30 heavy (non-hydrogen) atoms. The number of aromatic hydroxyl groups is 1. The third-order valence-corrected chi connectivity index (χ3v) is 5.82. The standard InChI is InChI=1S/C26H27NO3/c1-15-12-16(2)26(17(3)13-15)30-11-10-27-18(4)24(19(5)28)22-14-23(29)20-8-6-7-9-21(20)25(22)27/h6-9,12-14,29H,10-11H2,1-5H3. The molecule has 1 heterocycles. The van der Waals surface area contributed by atoms with Crippen molar-refractivity contribution in [3.63, 3.8) is 0 Å². The van der Waals surface area contributed by atoms with Crippen molar-refractivity contribution < 1.29 is 14.6 Å². The van der Waals surface area contributed by atoms with Crippen molar-refractivity contribution in [1.29, 1.82) is 0 Å². The van der Waals surface area contributed by atoms with Crippen LogP contribution in [-0.4, -0.2) is 22.1 Å². The van der Waals surface area contributed by atoms with Gasteiger partial charge in [0.25, 0.3) is 0 Å². The fraction of sp³-hybridized carbons (Fsp3) is 0.269. The Bertz CT molecular complexity index is 1270. The number of aromatic nitrogens is 1. The SMILES string of the molecule is CC(=O)c1c(C)n(CCOc2c(C)cc(C)cc2C)c2c1cc(O)c1ccccc12. The number of carbonyl (C=O) groups excluding carboxylic acids is 1. The Kier molecular flexibility index (Phi) is 5.02. The van der Waals surface area contributed by atoms with Gasteiger partial charge in [-0.15, -0.1) is 0 Å². The van der Waals surface area contributed by atoms with E-state index in [2.05, 4.69) is 37.5 Å². The molecular weight excluding hydrogens is 374 g/mol. The second kappa shape index (κ2) is 7.52. The van der Waals surface area contributed by atoms with E-state index < -0.39 is 0 Å². The normalized spacial score (nSPS) is 11.4. The summed E-state index contributed by atoms with van der Waals surface area (Å²) in [5.74, 6) is 1.11. The van der Waals surface area contributed by atoms with Gasteiger partial charge in [0, 0.05) is 27.4 Å². The summed E-state index contributed by atoms with van der Waals surface area (Å²) >= 11 is 0. The highest BCUT2D eigenvalue weighted by Gasteiger charge is 2.21. The zero-order valence-electron chi connectivity index (χ0n) is 18.2. The van der Waals surface area contributed by atoms with Crippen LogP contribution >= 0.6 is 0 Å². The lowest BCUT2D eigenvalue weighted by Crippen LogP contribution is -2.11. The molecule has 4 nitrogen and oxygen atoms in total. The van der Waals surface area contributed by atoms with Gasteiger partial charge in [0.15, 0.2) is 5.78 Å². The topological polar surface area (TPSA) is 51.5 Å². The molecule has 0 bridgehead atoms. The highest BCUT2D eigenvalue weighted by atomic mass is 16.5. The van der Waals surface area contributed by atoms with E-state index in [-0.39, 0.29) is 11.5 Å². The van der Waals surface area contributed by atoms with Crippen LogP contribution in [-0.2, 0) is 6.54 Å². The Morgan fingerprint density at radius 1 is 0.967 bits per heavy atom. The van der Waals surface area contributed by atoms with Crippen LogP contribution in [0.4, 0.5) is 0 Å². The van der Waals surface area contributed by atoms with Crippen molar-refractivity contribution in [3.8, 4) is 11.5 Å². The molecule has 4 heteroatoms. The maximum Gasteiger partial charge on any atom is 0.162 e. The lowest BCUT2D eigenvalue weighted by molar-refractivity contribution is 0.101. The summed E-state index contributed by atoms with van der Waals surface area (Å²) in [6.45, 7) is 10.9. The van der Waals surface area contributed by atoms with Crippen molar-refractivity contribution in [2.75, 3.05) is 6.61 Å². The highest BCUT2D eigenvalue weighted by molar-refractivity contribution is 6.17. The van der Waals surface area contributed by atoms with Crippen molar-refractivity contribution in [3.05, 3.63) is 70.4 Å². The van der Waals surface area contributed by atoms with Gasteiger partial charge in [0.1, 0.15) is 18.1 Å². The Morgan fingerprint density at radius 3 is 2.23 bits per heavy atom. The summed E-state index contributed by atoms with van der Waals surface area (Å²) in [6, 6.07) is 13.7. The molecule has 3 aromatic carbocycles. The summed E-state index contributed by atoms with van der Waals surface area (Å²) in [6.07, 6.45) is 0. The zero-order chi connectivity index (χ0) is 21.6. The Balaban J connectivity index is 1.80. The number of carbonyl (C=O) groups is 1. The number of ether oxygens (including phenoxy) is 1. The fourth-order valence-electron chi connectivity index (χ4n) is 4.68. The van der Waals surface area contributed by atoms with Crippen LogP contribution in [0, 0.1) is 27.7 Å². The predicted molar refractivity (Wildman–Crippen MR) is 122 cm³/mol. The number of hydrogen-bond donors (Lipinski definition) is 1. The minimum Gasteiger partial charge on any atom is -0.507 e. The van der Waals surface area contributed by atoms with Crippen LogP contribution in [0.5, 0.6) is 11.5 Å². The second-order valence-electron chi connectivity index (χ2n) is 8.08. The van der Waals surface area contributed by atoms with E-state index in [0.717, 1.165) is 44.2 Å². The van der Waals surface area contributed by atoms with E-state index in [1.54, 1.807) is 13.0 Å². The molecule has 4 rings (SSSR count).